The van der Waals surface area contributed by atoms with Gasteiger partial charge in [0.25, 0.3) is 0 Å². The minimum Gasteiger partial charge on any atom is -0.339 e. The molecule has 1 aromatic carbocycles. The molecule has 144 valence electrons. The Balaban J connectivity index is 1.54. The number of amides is 1. The fourth-order valence-electron chi connectivity index (χ4n) is 4.13. The first-order chi connectivity index (χ1) is 12.4. The highest BCUT2D eigenvalue weighted by Crippen LogP contribution is 2.21. The van der Waals surface area contributed by atoms with Crippen LogP contribution in [0.3, 0.4) is 0 Å². The monoisotopic (exact) mass is 379 g/mol. The summed E-state index contributed by atoms with van der Waals surface area (Å²) in [7, 11) is -3.47. The highest BCUT2D eigenvalue weighted by Gasteiger charge is 2.31. The number of piperidine rings is 1. The van der Waals surface area contributed by atoms with E-state index in [-0.39, 0.29) is 5.91 Å². The van der Waals surface area contributed by atoms with Crippen LogP contribution >= 0.6 is 0 Å². The van der Waals surface area contributed by atoms with E-state index in [4.69, 9.17) is 0 Å². The van der Waals surface area contributed by atoms with Crippen molar-refractivity contribution in [3.05, 3.63) is 30.3 Å². The van der Waals surface area contributed by atoms with Crippen molar-refractivity contribution in [3.63, 3.8) is 0 Å². The van der Waals surface area contributed by atoms with Crippen molar-refractivity contribution in [2.45, 2.75) is 25.2 Å². The minimum absolute atomic E-state index is 0.114. The van der Waals surface area contributed by atoms with E-state index in [0.717, 1.165) is 13.1 Å². The molecule has 0 saturated carbocycles. The molecule has 2 aliphatic rings. The number of sulfonamides is 1. The van der Waals surface area contributed by atoms with E-state index >= 15 is 0 Å². The number of likely N-dealkylation sites (tertiary alicyclic amines) is 1. The molecule has 26 heavy (non-hydrogen) atoms. The Bertz CT molecular complexity index is 705. The third-order valence-corrected chi connectivity index (χ3v) is 7.19. The zero-order chi connectivity index (χ0) is 18.7. The minimum atomic E-state index is -3.47. The molecular weight excluding hydrogens is 350 g/mol. The number of rotatable bonds is 4. The van der Waals surface area contributed by atoms with Crippen molar-refractivity contribution < 1.29 is 13.2 Å². The molecule has 1 aromatic rings. The quantitative estimate of drug-likeness (QED) is 0.795. The van der Waals surface area contributed by atoms with Crippen LogP contribution in [0.1, 0.15) is 20.3 Å². The van der Waals surface area contributed by atoms with Gasteiger partial charge in [0.15, 0.2) is 0 Å². The molecule has 2 aliphatic heterocycles. The molecule has 2 saturated heterocycles. The molecule has 0 spiro atoms. The van der Waals surface area contributed by atoms with Gasteiger partial charge in [-0.2, -0.15) is 4.31 Å². The predicted octanol–water partition coefficient (Wildman–Crippen LogP) is 1.50. The van der Waals surface area contributed by atoms with Gasteiger partial charge in [-0.1, -0.05) is 32.0 Å². The Labute approximate surface area is 156 Å². The van der Waals surface area contributed by atoms with Crippen molar-refractivity contribution in [2.24, 2.45) is 11.8 Å². The van der Waals surface area contributed by atoms with Crippen LogP contribution in [0.4, 0.5) is 0 Å². The lowest BCUT2D eigenvalue weighted by atomic mass is 9.92. The van der Waals surface area contributed by atoms with Gasteiger partial charge in [0.05, 0.1) is 11.4 Å². The molecule has 0 N–H and O–H groups in total. The zero-order valence-electron chi connectivity index (χ0n) is 15.7. The van der Waals surface area contributed by atoms with Gasteiger partial charge in [0, 0.05) is 39.3 Å². The van der Waals surface area contributed by atoms with E-state index in [9.17, 15) is 13.2 Å². The SMILES string of the molecule is C[C@H]1C[C@H](C)CN(CC(=O)N2CCN(S(=O)(=O)c3ccccc3)CC2)C1. The van der Waals surface area contributed by atoms with Gasteiger partial charge in [-0.05, 0) is 30.4 Å². The van der Waals surface area contributed by atoms with Crippen LogP contribution in [0.25, 0.3) is 0 Å². The van der Waals surface area contributed by atoms with Gasteiger partial charge >= 0.3 is 0 Å². The van der Waals surface area contributed by atoms with E-state index < -0.39 is 10.0 Å². The van der Waals surface area contributed by atoms with Gasteiger partial charge in [-0.25, -0.2) is 8.42 Å². The van der Waals surface area contributed by atoms with Gasteiger partial charge < -0.3 is 4.90 Å². The summed E-state index contributed by atoms with van der Waals surface area (Å²) in [5.74, 6) is 1.36. The number of hydrogen-bond donors (Lipinski definition) is 0. The Morgan fingerprint density at radius 2 is 1.58 bits per heavy atom. The number of benzene rings is 1. The Kier molecular flexibility index (Phi) is 5.99. The van der Waals surface area contributed by atoms with E-state index in [1.165, 1.54) is 10.7 Å². The second-order valence-corrected chi connectivity index (χ2v) is 9.68. The van der Waals surface area contributed by atoms with Crippen LogP contribution in [0, 0.1) is 11.8 Å². The summed E-state index contributed by atoms with van der Waals surface area (Å²) in [5.41, 5.74) is 0. The predicted molar refractivity (Wildman–Crippen MR) is 101 cm³/mol. The van der Waals surface area contributed by atoms with Crippen LogP contribution in [0.5, 0.6) is 0 Å². The fourth-order valence-corrected chi connectivity index (χ4v) is 5.58. The van der Waals surface area contributed by atoms with E-state index in [1.807, 2.05) is 0 Å². The maximum absolute atomic E-state index is 12.7. The fraction of sp³-hybridized carbons (Fsp3) is 0.632. The third kappa shape index (κ3) is 4.45. The normalized spacial score (nSPS) is 26.0. The van der Waals surface area contributed by atoms with Crippen molar-refractivity contribution in [3.8, 4) is 0 Å². The molecule has 7 heteroatoms. The molecule has 2 heterocycles. The van der Waals surface area contributed by atoms with Gasteiger partial charge in [0.2, 0.25) is 15.9 Å². The van der Waals surface area contributed by atoms with Crippen molar-refractivity contribution >= 4 is 15.9 Å². The first-order valence-electron chi connectivity index (χ1n) is 9.41. The summed E-state index contributed by atoms with van der Waals surface area (Å²) in [4.78, 5) is 17.0. The molecule has 1 amide bonds. The highest BCUT2D eigenvalue weighted by atomic mass is 32.2. The number of carbonyl (C=O) groups excluding carboxylic acids is 1. The maximum atomic E-state index is 12.7. The largest absolute Gasteiger partial charge is 0.339 e. The van der Waals surface area contributed by atoms with Crippen LogP contribution in [0.2, 0.25) is 0 Å². The summed E-state index contributed by atoms with van der Waals surface area (Å²) in [6.07, 6.45) is 1.22. The summed E-state index contributed by atoms with van der Waals surface area (Å²) >= 11 is 0. The number of hydrogen-bond acceptors (Lipinski definition) is 4. The Hall–Kier alpha value is -1.44. The second kappa shape index (κ2) is 8.06. The first kappa shape index (κ1) is 19.3. The summed E-state index contributed by atoms with van der Waals surface area (Å²) in [6.45, 7) is 8.50. The Morgan fingerprint density at radius 1 is 1.00 bits per heavy atom. The second-order valence-electron chi connectivity index (χ2n) is 7.74. The average molecular weight is 380 g/mol. The van der Waals surface area contributed by atoms with Gasteiger partial charge in [0.1, 0.15) is 0 Å². The lowest BCUT2D eigenvalue weighted by molar-refractivity contribution is -0.134. The van der Waals surface area contributed by atoms with E-state index in [0.29, 0.717) is 49.5 Å². The number of nitrogens with zero attached hydrogens (tertiary/aromatic N) is 3. The topological polar surface area (TPSA) is 60.9 Å². The molecule has 0 bridgehead atoms. The van der Waals surface area contributed by atoms with Gasteiger partial charge in [-0.3, -0.25) is 9.69 Å². The molecule has 0 aromatic heterocycles. The summed E-state index contributed by atoms with van der Waals surface area (Å²) in [5, 5.41) is 0. The molecule has 0 unspecified atom stereocenters. The van der Waals surface area contributed by atoms with Crippen molar-refractivity contribution in [1.29, 1.82) is 0 Å². The Morgan fingerprint density at radius 3 is 2.15 bits per heavy atom. The standard InChI is InChI=1S/C19H29N3O3S/c1-16-12-17(2)14-20(13-16)15-19(23)21-8-10-22(11-9-21)26(24,25)18-6-4-3-5-7-18/h3-7,16-17H,8-15H2,1-2H3/t16-,17-/m0/s1. The summed E-state index contributed by atoms with van der Waals surface area (Å²) in [6, 6.07) is 8.50. The molecule has 2 fully saturated rings. The van der Waals surface area contributed by atoms with Gasteiger partial charge in [-0.15, -0.1) is 0 Å². The van der Waals surface area contributed by atoms with Crippen LogP contribution in [-0.2, 0) is 14.8 Å². The molecule has 0 radical (unpaired) electrons. The molecule has 2 atom stereocenters. The average Bonchev–Trinajstić information content (AvgIpc) is 2.61. The van der Waals surface area contributed by atoms with Crippen molar-refractivity contribution in [2.75, 3.05) is 45.8 Å². The van der Waals surface area contributed by atoms with Crippen LogP contribution in [0.15, 0.2) is 35.2 Å². The smallest absolute Gasteiger partial charge is 0.243 e. The first-order valence-corrected chi connectivity index (χ1v) is 10.9. The lowest BCUT2D eigenvalue weighted by Gasteiger charge is -2.38. The van der Waals surface area contributed by atoms with Crippen LogP contribution < -0.4 is 0 Å². The molecule has 6 nitrogen and oxygen atoms in total. The third-order valence-electron chi connectivity index (χ3n) is 5.28. The van der Waals surface area contributed by atoms with E-state index in [1.54, 1.807) is 35.2 Å². The highest BCUT2D eigenvalue weighted by molar-refractivity contribution is 7.89. The molecular formula is C19H29N3O3S. The number of piperazine rings is 1. The molecule has 0 aliphatic carbocycles. The maximum Gasteiger partial charge on any atom is 0.243 e. The van der Waals surface area contributed by atoms with E-state index in [2.05, 4.69) is 18.7 Å². The number of carbonyl (C=O) groups is 1. The van der Waals surface area contributed by atoms with Crippen molar-refractivity contribution in [1.82, 2.24) is 14.1 Å². The lowest BCUT2D eigenvalue weighted by Crippen LogP contribution is -2.53. The summed E-state index contributed by atoms with van der Waals surface area (Å²) < 4.78 is 26.8. The van der Waals surface area contributed by atoms with Crippen LogP contribution in [-0.4, -0.2) is 74.2 Å². The zero-order valence-corrected chi connectivity index (χ0v) is 16.5. The molecule has 3 rings (SSSR count).